The van der Waals surface area contributed by atoms with Gasteiger partial charge in [0, 0.05) is 0 Å². The van der Waals surface area contributed by atoms with E-state index in [0.717, 1.165) is 0 Å². The first-order chi connectivity index (χ1) is 13.3. The van der Waals surface area contributed by atoms with Crippen molar-refractivity contribution in [3.63, 3.8) is 0 Å². The zero-order valence-electron chi connectivity index (χ0n) is 15.3. The van der Waals surface area contributed by atoms with Gasteiger partial charge in [0.05, 0.1) is 0 Å². The van der Waals surface area contributed by atoms with Crippen molar-refractivity contribution in [1.82, 2.24) is 0 Å². The molecule has 0 N–H and O–H groups in total. The molecule has 0 bridgehead atoms. The van der Waals surface area contributed by atoms with Crippen LogP contribution in [0.4, 0.5) is 11.4 Å². The molecule has 0 saturated carbocycles. The number of nitrogens with zero attached hydrogens (tertiary/aromatic N) is 1. The molecule has 4 aromatic rings. The molecule has 0 aromatic heterocycles. The van der Waals surface area contributed by atoms with Gasteiger partial charge in [0.1, 0.15) is 0 Å². The zero-order chi connectivity index (χ0) is 18.3. The summed E-state index contributed by atoms with van der Waals surface area (Å²) >= 11 is -3.40. The Morgan fingerprint density at radius 3 is 1.30 bits per heavy atom. The van der Waals surface area contributed by atoms with E-state index in [9.17, 15) is 0 Å². The van der Waals surface area contributed by atoms with Gasteiger partial charge in [-0.2, -0.15) is 0 Å². The van der Waals surface area contributed by atoms with Gasteiger partial charge >= 0.3 is 165 Å². The van der Waals surface area contributed by atoms with Crippen LogP contribution in [0.3, 0.4) is 0 Å². The molecule has 0 amide bonds. The Kier molecular flexibility index (Phi) is 4.05. The summed E-state index contributed by atoms with van der Waals surface area (Å²) in [5.41, 5.74) is 2.69. The second kappa shape index (κ2) is 6.57. The van der Waals surface area contributed by atoms with Crippen molar-refractivity contribution in [2.45, 2.75) is 0 Å². The SMILES string of the molecule is CN1c2cccc[c]2[Sn]([c]2ccccc2)([c]2ccccc2)[c]2ccccc21. The fraction of sp³-hybridized carbons (Fsp3) is 0.0400. The van der Waals surface area contributed by atoms with E-state index in [4.69, 9.17) is 0 Å². The van der Waals surface area contributed by atoms with Crippen LogP contribution in [-0.2, 0) is 0 Å². The van der Waals surface area contributed by atoms with Crippen molar-refractivity contribution in [1.29, 1.82) is 0 Å². The van der Waals surface area contributed by atoms with Crippen LogP contribution in [0.1, 0.15) is 0 Å². The van der Waals surface area contributed by atoms with Gasteiger partial charge in [0.2, 0.25) is 0 Å². The molecule has 1 aliphatic rings. The van der Waals surface area contributed by atoms with Crippen molar-refractivity contribution in [2.75, 3.05) is 11.9 Å². The van der Waals surface area contributed by atoms with Crippen LogP contribution >= 0.6 is 0 Å². The third-order valence-electron chi connectivity index (χ3n) is 5.75. The molecule has 0 unspecified atom stereocenters. The van der Waals surface area contributed by atoms with Crippen LogP contribution in [0.15, 0.2) is 109 Å². The summed E-state index contributed by atoms with van der Waals surface area (Å²) < 4.78 is 6.08. The molecule has 0 radical (unpaired) electrons. The molecule has 1 heterocycles. The number of hydrogen-bond donors (Lipinski definition) is 0. The average molecular weight is 454 g/mol. The van der Waals surface area contributed by atoms with Crippen LogP contribution < -0.4 is 19.2 Å². The van der Waals surface area contributed by atoms with E-state index in [0.29, 0.717) is 0 Å². The van der Waals surface area contributed by atoms with Gasteiger partial charge in [-0.25, -0.2) is 0 Å². The van der Waals surface area contributed by atoms with Gasteiger partial charge in [-0.1, -0.05) is 0 Å². The number of rotatable bonds is 2. The van der Waals surface area contributed by atoms with Crippen LogP contribution in [-0.4, -0.2) is 25.4 Å². The fourth-order valence-corrected chi connectivity index (χ4v) is 19.5. The molecule has 27 heavy (non-hydrogen) atoms. The van der Waals surface area contributed by atoms with Crippen molar-refractivity contribution in [2.24, 2.45) is 0 Å². The minimum absolute atomic E-state index is 1.35. The Morgan fingerprint density at radius 1 is 0.481 bits per heavy atom. The van der Waals surface area contributed by atoms with E-state index in [2.05, 4.69) is 121 Å². The van der Waals surface area contributed by atoms with E-state index < -0.39 is 18.4 Å². The summed E-state index contributed by atoms with van der Waals surface area (Å²) in [6.07, 6.45) is 0. The molecule has 0 atom stereocenters. The normalized spacial score (nSPS) is 14.3. The Bertz CT molecular complexity index is 1000. The molecule has 0 saturated heterocycles. The number of benzene rings is 4. The van der Waals surface area contributed by atoms with E-state index in [1.54, 1.807) is 0 Å². The first kappa shape index (κ1) is 16.6. The zero-order valence-corrected chi connectivity index (χ0v) is 18.2. The van der Waals surface area contributed by atoms with Gasteiger partial charge < -0.3 is 0 Å². The van der Waals surface area contributed by atoms with Gasteiger partial charge in [0.15, 0.2) is 0 Å². The second-order valence-corrected chi connectivity index (χ2v) is 17.7. The fourth-order valence-electron chi connectivity index (χ4n) is 4.61. The summed E-state index contributed by atoms with van der Waals surface area (Å²) in [6, 6.07) is 40.5. The Morgan fingerprint density at radius 2 is 0.852 bits per heavy atom. The minimum atomic E-state index is -3.40. The molecule has 0 aliphatic carbocycles. The van der Waals surface area contributed by atoms with Crippen molar-refractivity contribution < 1.29 is 0 Å². The van der Waals surface area contributed by atoms with Gasteiger partial charge in [0.25, 0.3) is 0 Å². The first-order valence-electron chi connectivity index (χ1n) is 9.37. The van der Waals surface area contributed by atoms with Crippen molar-refractivity contribution in [3.05, 3.63) is 109 Å². The topological polar surface area (TPSA) is 3.24 Å². The van der Waals surface area contributed by atoms with Crippen molar-refractivity contribution in [3.8, 4) is 0 Å². The molecule has 5 rings (SSSR count). The molecule has 1 aliphatic heterocycles. The molecular formula is C25H21NSn. The molecule has 130 valence electrons. The Hall–Kier alpha value is -2.52. The van der Waals surface area contributed by atoms with Gasteiger partial charge in [-0.05, 0) is 0 Å². The predicted octanol–water partition coefficient (Wildman–Crippen LogP) is 3.15. The summed E-state index contributed by atoms with van der Waals surface area (Å²) in [4.78, 5) is 2.37. The third kappa shape index (κ3) is 2.38. The van der Waals surface area contributed by atoms with E-state index in [1.807, 2.05) is 0 Å². The maximum absolute atomic E-state index is 3.40. The molecular weight excluding hydrogens is 433 g/mol. The van der Waals surface area contributed by atoms with Crippen LogP contribution in [0, 0.1) is 0 Å². The van der Waals surface area contributed by atoms with Crippen LogP contribution in [0.25, 0.3) is 0 Å². The van der Waals surface area contributed by atoms with Gasteiger partial charge in [-0.15, -0.1) is 0 Å². The summed E-state index contributed by atoms with van der Waals surface area (Å²) in [5.74, 6) is 0. The summed E-state index contributed by atoms with van der Waals surface area (Å²) in [7, 11) is 2.20. The predicted molar refractivity (Wildman–Crippen MR) is 118 cm³/mol. The second-order valence-electron chi connectivity index (χ2n) is 7.08. The molecule has 0 fully saturated rings. The van der Waals surface area contributed by atoms with Crippen LogP contribution in [0.5, 0.6) is 0 Å². The number of anilines is 2. The Labute approximate surface area is 164 Å². The quantitative estimate of drug-likeness (QED) is 0.421. The number of para-hydroxylation sites is 2. The maximum atomic E-state index is 2.37. The number of hydrogen-bond acceptors (Lipinski definition) is 1. The van der Waals surface area contributed by atoms with E-state index >= 15 is 0 Å². The third-order valence-corrected chi connectivity index (χ3v) is 19.6. The molecule has 1 nitrogen and oxygen atoms in total. The van der Waals surface area contributed by atoms with E-state index in [-0.39, 0.29) is 0 Å². The molecule has 4 aromatic carbocycles. The van der Waals surface area contributed by atoms with E-state index in [1.165, 1.54) is 25.7 Å². The summed E-state index contributed by atoms with van der Waals surface area (Å²) in [5, 5.41) is 0. The molecule has 2 heteroatoms. The first-order valence-corrected chi connectivity index (χ1v) is 15.1. The monoisotopic (exact) mass is 455 g/mol. The van der Waals surface area contributed by atoms with Gasteiger partial charge in [-0.3, -0.25) is 0 Å². The Balaban J connectivity index is 1.99. The van der Waals surface area contributed by atoms with Crippen LogP contribution in [0.2, 0.25) is 0 Å². The summed E-state index contributed by atoms with van der Waals surface area (Å²) in [6.45, 7) is 0. The standard InChI is InChI=1S/C13H11N.2C6H5.Sn/c1-14(12-8-4-2-5-9-12)13-10-6-3-7-11-13;2*1-2-4-6-5-3-1;/h2-8,10H,1H3;2*1-5H;. The van der Waals surface area contributed by atoms with Crippen molar-refractivity contribution >= 4 is 44.1 Å². The molecule has 0 spiro atoms. The number of fused-ring (bicyclic) bond motifs is 2. The average Bonchev–Trinajstić information content (AvgIpc) is 2.76.